The van der Waals surface area contributed by atoms with Gasteiger partial charge in [0.2, 0.25) is 0 Å². The highest BCUT2D eigenvalue weighted by Gasteiger charge is 2.19. The largest absolute Gasteiger partial charge is 0.392 e. The van der Waals surface area contributed by atoms with Gasteiger partial charge in [-0.05, 0) is 36.6 Å². The molecule has 1 aromatic carbocycles. The summed E-state index contributed by atoms with van der Waals surface area (Å²) in [6.45, 7) is 1.52. The lowest BCUT2D eigenvalue weighted by Crippen LogP contribution is -2.27. The van der Waals surface area contributed by atoms with Gasteiger partial charge in [0.05, 0.1) is 12.8 Å². The van der Waals surface area contributed by atoms with Gasteiger partial charge in [-0.1, -0.05) is 6.07 Å². The molecule has 0 aliphatic rings. The molecule has 0 saturated carbocycles. The Morgan fingerprint density at radius 1 is 1.38 bits per heavy atom. The van der Waals surface area contributed by atoms with E-state index in [-0.39, 0.29) is 23.0 Å². The summed E-state index contributed by atoms with van der Waals surface area (Å²) in [5.74, 6) is -0.318. The van der Waals surface area contributed by atoms with Crippen molar-refractivity contribution in [1.29, 1.82) is 0 Å². The summed E-state index contributed by atoms with van der Waals surface area (Å²) in [6.07, 6.45) is 1.70. The van der Waals surface area contributed by atoms with Gasteiger partial charge in [-0.15, -0.1) is 0 Å². The van der Waals surface area contributed by atoms with Crippen molar-refractivity contribution in [3.8, 4) is 0 Å². The van der Waals surface area contributed by atoms with E-state index < -0.39 is 16.6 Å². The first-order valence-electron chi connectivity index (χ1n) is 6.32. The Labute approximate surface area is 122 Å². The number of sulfonamides is 1. The van der Waals surface area contributed by atoms with Crippen LogP contribution in [0.1, 0.15) is 16.7 Å². The lowest BCUT2D eigenvalue weighted by Gasteiger charge is -2.08. The van der Waals surface area contributed by atoms with Crippen molar-refractivity contribution < 1.29 is 17.9 Å². The average Bonchev–Trinajstić information content (AvgIpc) is 2.90. The minimum absolute atomic E-state index is 0.138. The minimum Gasteiger partial charge on any atom is -0.392 e. The van der Waals surface area contributed by atoms with Crippen LogP contribution in [0.2, 0.25) is 0 Å². The van der Waals surface area contributed by atoms with Gasteiger partial charge in [0, 0.05) is 12.1 Å². The van der Waals surface area contributed by atoms with Crippen LogP contribution in [0.4, 0.5) is 4.39 Å². The molecule has 21 heavy (non-hydrogen) atoms. The van der Waals surface area contributed by atoms with Gasteiger partial charge in [0.25, 0.3) is 10.0 Å². The van der Waals surface area contributed by atoms with Crippen LogP contribution >= 0.6 is 0 Å². The predicted molar refractivity (Wildman–Crippen MR) is 74.5 cm³/mol. The molecule has 0 aliphatic heterocycles. The van der Waals surface area contributed by atoms with Gasteiger partial charge in [-0.3, -0.25) is 5.10 Å². The lowest BCUT2D eigenvalue weighted by atomic mass is 10.1. The second-order valence-corrected chi connectivity index (χ2v) is 6.30. The van der Waals surface area contributed by atoms with E-state index in [1.165, 1.54) is 18.3 Å². The average molecular weight is 313 g/mol. The highest BCUT2D eigenvalue weighted by molar-refractivity contribution is 7.89. The molecular weight excluding hydrogens is 297 g/mol. The molecule has 0 unspecified atom stereocenters. The normalized spacial score (nSPS) is 11.8. The zero-order chi connectivity index (χ0) is 15.5. The topological polar surface area (TPSA) is 95.1 Å². The summed E-state index contributed by atoms with van der Waals surface area (Å²) in [4.78, 5) is 0. The van der Waals surface area contributed by atoms with Crippen molar-refractivity contribution in [2.45, 2.75) is 25.0 Å². The van der Waals surface area contributed by atoms with Crippen LogP contribution in [0.3, 0.4) is 0 Å². The molecule has 8 heteroatoms. The Balaban J connectivity index is 2.02. The van der Waals surface area contributed by atoms with Crippen LogP contribution in [-0.2, 0) is 23.1 Å². The van der Waals surface area contributed by atoms with Gasteiger partial charge in [-0.2, -0.15) is 5.10 Å². The molecule has 0 radical (unpaired) electrons. The van der Waals surface area contributed by atoms with Gasteiger partial charge < -0.3 is 5.11 Å². The van der Waals surface area contributed by atoms with E-state index in [1.807, 2.05) is 0 Å². The fraction of sp³-hybridized carbons (Fsp3) is 0.308. The lowest BCUT2D eigenvalue weighted by molar-refractivity contribution is 0.278. The molecule has 0 saturated heterocycles. The van der Waals surface area contributed by atoms with E-state index in [0.29, 0.717) is 6.42 Å². The van der Waals surface area contributed by atoms with Crippen molar-refractivity contribution in [3.63, 3.8) is 0 Å². The molecule has 0 aliphatic carbocycles. The third-order valence-corrected chi connectivity index (χ3v) is 4.58. The number of nitrogens with zero attached hydrogens (tertiary/aromatic N) is 1. The number of hydrogen-bond donors (Lipinski definition) is 3. The number of aromatic nitrogens is 2. The van der Waals surface area contributed by atoms with Gasteiger partial charge in [-0.25, -0.2) is 17.5 Å². The number of H-pyrrole nitrogens is 1. The summed E-state index contributed by atoms with van der Waals surface area (Å²) >= 11 is 0. The Hall–Kier alpha value is -1.77. The number of benzene rings is 1. The Morgan fingerprint density at radius 2 is 2.14 bits per heavy atom. The maximum atomic E-state index is 13.0. The number of aryl methyl sites for hydroxylation is 1. The first kappa shape index (κ1) is 15.6. The number of aliphatic hydroxyl groups is 1. The van der Waals surface area contributed by atoms with Crippen molar-refractivity contribution in [2.75, 3.05) is 6.54 Å². The SMILES string of the molecule is Cc1cc(F)ccc1CCNS(=O)(=O)c1[nH]ncc1CO. The number of hydrogen-bond acceptors (Lipinski definition) is 4. The van der Waals surface area contributed by atoms with Crippen molar-refractivity contribution in [3.05, 3.63) is 46.9 Å². The molecule has 6 nitrogen and oxygen atoms in total. The standard InChI is InChI=1S/C13H16FN3O3S/c1-9-6-12(14)3-2-10(9)4-5-16-21(19,20)13-11(8-18)7-15-17-13/h2-3,6-7,16,18H,4-5,8H2,1H3,(H,15,17). The molecule has 0 bridgehead atoms. The fourth-order valence-electron chi connectivity index (χ4n) is 1.98. The van der Waals surface area contributed by atoms with E-state index >= 15 is 0 Å². The monoisotopic (exact) mass is 313 g/mol. The van der Waals surface area contributed by atoms with Crippen LogP contribution < -0.4 is 4.72 Å². The van der Waals surface area contributed by atoms with Gasteiger partial charge in [0.1, 0.15) is 5.82 Å². The van der Waals surface area contributed by atoms with E-state index in [1.54, 1.807) is 13.0 Å². The quantitative estimate of drug-likeness (QED) is 0.737. The first-order chi connectivity index (χ1) is 9.94. The number of halogens is 1. The van der Waals surface area contributed by atoms with E-state index in [9.17, 15) is 12.8 Å². The third-order valence-electron chi connectivity index (χ3n) is 3.11. The van der Waals surface area contributed by atoms with Crippen LogP contribution in [0.15, 0.2) is 29.4 Å². The second-order valence-electron chi connectivity index (χ2n) is 4.60. The zero-order valence-corrected chi connectivity index (χ0v) is 12.2. The van der Waals surface area contributed by atoms with Crippen molar-refractivity contribution in [1.82, 2.24) is 14.9 Å². The summed E-state index contributed by atoms with van der Waals surface area (Å²) in [6, 6.07) is 4.38. The molecule has 0 fully saturated rings. The summed E-state index contributed by atoms with van der Waals surface area (Å²) in [7, 11) is -3.75. The Bertz CT molecular complexity index is 728. The molecule has 114 valence electrons. The highest BCUT2D eigenvalue weighted by atomic mass is 32.2. The molecule has 0 amide bonds. The summed E-state index contributed by atoms with van der Waals surface area (Å²) in [5.41, 5.74) is 1.85. The van der Waals surface area contributed by atoms with E-state index in [4.69, 9.17) is 5.11 Å². The highest BCUT2D eigenvalue weighted by Crippen LogP contribution is 2.13. The molecule has 1 heterocycles. The first-order valence-corrected chi connectivity index (χ1v) is 7.80. The molecule has 3 N–H and O–H groups in total. The predicted octanol–water partition coefficient (Wildman–Crippen LogP) is 0.871. The number of aliphatic hydroxyl groups excluding tert-OH is 1. The van der Waals surface area contributed by atoms with Crippen molar-refractivity contribution in [2.24, 2.45) is 0 Å². The zero-order valence-electron chi connectivity index (χ0n) is 11.4. The van der Waals surface area contributed by atoms with Gasteiger partial charge in [0.15, 0.2) is 5.03 Å². The van der Waals surface area contributed by atoms with Crippen molar-refractivity contribution >= 4 is 10.0 Å². The minimum atomic E-state index is -3.75. The summed E-state index contributed by atoms with van der Waals surface area (Å²) in [5, 5.41) is 14.9. The molecule has 0 atom stereocenters. The van der Waals surface area contributed by atoms with Crippen LogP contribution in [0.5, 0.6) is 0 Å². The maximum absolute atomic E-state index is 13.0. The Kier molecular flexibility index (Phi) is 4.71. The van der Waals surface area contributed by atoms with Gasteiger partial charge >= 0.3 is 0 Å². The molecule has 1 aromatic heterocycles. The van der Waals surface area contributed by atoms with Crippen LogP contribution in [-0.4, -0.2) is 30.3 Å². The fourth-order valence-corrected chi connectivity index (χ4v) is 3.13. The van der Waals surface area contributed by atoms with E-state index in [0.717, 1.165) is 11.1 Å². The molecule has 2 aromatic rings. The van der Waals surface area contributed by atoms with Crippen LogP contribution in [0.25, 0.3) is 0 Å². The smallest absolute Gasteiger partial charge is 0.257 e. The Morgan fingerprint density at radius 3 is 2.81 bits per heavy atom. The van der Waals surface area contributed by atoms with E-state index in [2.05, 4.69) is 14.9 Å². The maximum Gasteiger partial charge on any atom is 0.257 e. The molecule has 0 spiro atoms. The molecular formula is C13H16FN3O3S. The third kappa shape index (κ3) is 3.66. The molecule has 2 rings (SSSR count). The summed E-state index contributed by atoms with van der Waals surface area (Å²) < 4.78 is 39.5. The van der Waals surface area contributed by atoms with Crippen LogP contribution in [0, 0.1) is 12.7 Å². The number of nitrogens with one attached hydrogen (secondary N) is 2. The second kappa shape index (κ2) is 6.33. The number of aromatic amines is 1. The number of rotatable bonds is 6.